The Kier molecular flexibility index (Phi) is 6.86. The minimum absolute atomic E-state index is 0.0261. The molecule has 1 N–H and O–H groups in total. The van der Waals surface area contributed by atoms with Crippen molar-refractivity contribution in [2.24, 2.45) is 0 Å². The standard InChI is InChI=1S/C17H28O4S2/c1-7-16(18)12-22(13(2)3,14(4)5)21-23(19,20)17-10-8-15(6)9-11-17/h8-11,13-14H,7,12H2,1-6H3/p+1. The summed E-state index contributed by atoms with van der Waals surface area (Å²) in [6.07, 6.45) is 0.411. The first-order valence-corrected chi connectivity index (χ1v) is 11.2. The summed E-state index contributed by atoms with van der Waals surface area (Å²) >= 11 is 0. The molecule has 1 aromatic carbocycles. The van der Waals surface area contributed by atoms with Gasteiger partial charge in [0.05, 0.1) is 5.75 Å². The fourth-order valence-electron chi connectivity index (χ4n) is 2.37. The van der Waals surface area contributed by atoms with E-state index in [1.54, 1.807) is 24.3 Å². The van der Waals surface area contributed by atoms with Crippen LogP contribution >= 0.6 is 10.3 Å². The van der Waals surface area contributed by atoms with Gasteiger partial charge in [0.1, 0.15) is 10.7 Å². The molecule has 0 radical (unpaired) electrons. The van der Waals surface area contributed by atoms with Crippen molar-refractivity contribution in [3.05, 3.63) is 29.8 Å². The Morgan fingerprint density at radius 1 is 1.04 bits per heavy atom. The van der Waals surface area contributed by atoms with Crippen LogP contribution < -0.4 is 0 Å². The lowest BCUT2D eigenvalue weighted by molar-refractivity contribution is -0.116. The number of carbonyl (C=O) groups is 1. The van der Waals surface area contributed by atoms with E-state index >= 15 is 0 Å². The Bertz CT molecular complexity index is 623. The third-order valence-corrected chi connectivity index (χ3v) is 10.8. The van der Waals surface area contributed by atoms with E-state index in [0.29, 0.717) is 6.42 Å². The summed E-state index contributed by atoms with van der Waals surface area (Å²) in [5, 5.41) is 0.0523. The van der Waals surface area contributed by atoms with Gasteiger partial charge in [-0.2, -0.15) is 0 Å². The molecule has 0 amide bonds. The third-order valence-electron chi connectivity index (χ3n) is 3.97. The highest BCUT2D eigenvalue weighted by molar-refractivity contribution is 8.33. The summed E-state index contributed by atoms with van der Waals surface area (Å²) in [5.74, 6) is 0.314. The molecule has 4 nitrogen and oxygen atoms in total. The lowest BCUT2D eigenvalue weighted by Crippen LogP contribution is -2.34. The quantitative estimate of drug-likeness (QED) is 0.512. The van der Waals surface area contributed by atoms with Gasteiger partial charge in [-0.3, -0.25) is 8.42 Å². The minimum Gasteiger partial charge on any atom is -0.299 e. The SMILES string of the molecule is CCC(=O)CS([OH+]S(=O)(=O)c1ccc(C)cc1)(C(C)C)C(C)C. The van der Waals surface area contributed by atoms with Crippen LogP contribution in [0.15, 0.2) is 29.2 Å². The van der Waals surface area contributed by atoms with Crippen LogP contribution in [0.2, 0.25) is 0 Å². The average molecular weight is 362 g/mol. The Labute approximate surface area is 142 Å². The first-order chi connectivity index (χ1) is 10.5. The lowest BCUT2D eigenvalue weighted by atomic mass is 10.2. The van der Waals surface area contributed by atoms with Crippen molar-refractivity contribution in [1.29, 1.82) is 0 Å². The van der Waals surface area contributed by atoms with Crippen LogP contribution in [0.4, 0.5) is 0 Å². The van der Waals surface area contributed by atoms with E-state index in [1.807, 2.05) is 41.5 Å². The maximum absolute atomic E-state index is 12.8. The number of carbonyl (C=O) groups excluding carboxylic acids is 1. The summed E-state index contributed by atoms with van der Waals surface area (Å²) in [4.78, 5) is 12.3. The number of benzene rings is 1. The molecule has 0 atom stereocenters. The van der Waals surface area contributed by atoms with Gasteiger partial charge < -0.3 is 0 Å². The molecule has 0 bridgehead atoms. The van der Waals surface area contributed by atoms with Crippen molar-refractivity contribution in [1.82, 2.24) is 0 Å². The average Bonchev–Trinajstić information content (AvgIpc) is 2.46. The number of hydrogen-bond donors (Lipinski definition) is 0. The highest BCUT2D eigenvalue weighted by Crippen LogP contribution is 2.57. The Morgan fingerprint density at radius 2 is 1.52 bits per heavy atom. The summed E-state index contributed by atoms with van der Waals surface area (Å²) in [6, 6.07) is 6.70. The minimum atomic E-state index is -3.77. The summed E-state index contributed by atoms with van der Waals surface area (Å²) in [7, 11) is -5.74. The molecule has 1 aromatic rings. The summed E-state index contributed by atoms with van der Waals surface area (Å²) in [6.45, 7) is 11.6. The molecule has 0 aliphatic carbocycles. The molecule has 23 heavy (non-hydrogen) atoms. The normalized spacial score (nSPS) is 13.6. The zero-order valence-electron chi connectivity index (χ0n) is 14.9. The fourth-order valence-corrected chi connectivity index (χ4v) is 8.72. The Morgan fingerprint density at radius 3 is 1.91 bits per heavy atom. The van der Waals surface area contributed by atoms with Crippen molar-refractivity contribution in [2.45, 2.75) is 63.4 Å². The van der Waals surface area contributed by atoms with E-state index in [9.17, 15) is 13.2 Å². The third kappa shape index (κ3) is 4.81. The second-order valence-electron chi connectivity index (χ2n) is 6.31. The Balaban J connectivity index is 3.27. The van der Waals surface area contributed by atoms with Crippen LogP contribution in [-0.4, -0.2) is 34.1 Å². The van der Waals surface area contributed by atoms with Gasteiger partial charge in [-0.05, 0) is 57.1 Å². The molecule has 1 rings (SSSR count). The van der Waals surface area contributed by atoms with Crippen LogP contribution in [-0.2, 0) is 14.9 Å². The highest BCUT2D eigenvalue weighted by Gasteiger charge is 2.44. The van der Waals surface area contributed by atoms with Gasteiger partial charge in [0.2, 0.25) is 0 Å². The molecule has 0 saturated carbocycles. The fraction of sp³-hybridized carbons (Fsp3) is 0.588. The molecule has 0 saturated heterocycles. The predicted octanol–water partition coefficient (Wildman–Crippen LogP) is 4.29. The van der Waals surface area contributed by atoms with Gasteiger partial charge in [0.15, 0.2) is 0 Å². The van der Waals surface area contributed by atoms with E-state index in [2.05, 4.69) is 3.63 Å². The topological polar surface area (TPSA) is 64.0 Å². The second kappa shape index (κ2) is 7.81. The number of ketones is 1. The summed E-state index contributed by atoms with van der Waals surface area (Å²) < 4.78 is 29.9. The van der Waals surface area contributed by atoms with E-state index in [0.717, 1.165) is 5.56 Å². The van der Waals surface area contributed by atoms with Crippen LogP contribution in [0, 0.1) is 6.92 Å². The molecule has 0 unspecified atom stereocenters. The zero-order chi connectivity index (χ0) is 17.8. The molecule has 0 heterocycles. The van der Waals surface area contributed by atoms with Crippen molar-refractivity contribution < 1.29 is 16.8 Å². The van der Waals surface area contributed by atoms with Gasteiger partial charge in [0, 0.05) is 16.9 Å². The van der Waals surface area contributed by atoms with Gasteiger partial charge in [0.25, 0.3) is 0 Å². The molecule has 0 aliphatic rings. The Hall–Kier alpha value is -0.850. The molecule has 0 fully saturated rings. The first kappa shape index (κ1) is 20.2. The van der Waals surface area contributed by atoms with Crippen molar-refractivity contribution >= 4 is 26.2 Å². The van der Waals surface area contributed by atoms with Crippen molar-refractivity contribution in [2.75, 3.05) is 5.75 Å². The largest absolute Gasteiger partial charge is 0.421 e. The zero-order valence-corrected chi connectivity index (χ0v) is 16.5. The molecule has 0 spiro atoms. The molecule has 0 aliphatic heterocycles. The summed E-state index contributed by atoms with van der Waals surface area (Å²) in [5.41, 5.74) is 0.997. The van der Waals surface area contributed by atoms with E-state index in [4.69, 9.17) is 0 Å². The van der Waals surface area contributed by atoms with Gasteiger partial charge in [-0.15, -0.1) is 8.42 Å². The number of Topliss-reactive ketones (excluding diaryl/α,β-unsaturated/α-hetero) is 1. The molecule has 6 heteroatoms. The van der Waals surface area contributed by atoms with E-state index in [-0.39, 0.29) is 26.9 Å². The predicted molar refractivity (Wildman–Crippen MR) is 99.0 cm³/mol. The number of hydrogen-bond acceptors (Lipinski definition) is 3. The number of rotatable bonds is 8. The number of aryl methyl sites for hydroxylation is 1. The van der Waals surface area contributed by atoms with Gasteiger partial charge in [-0.1, -0.05) is 24.6 Å². The molecular weight excluding hydrogens is 332 g/mol. The van der Waals surface area contributed by atoms with Crippen LogP contribution in [0.25, 0.3) is 0 Å². The molecular formula is C17H29O4S2+. The van der Waals surface area contributed by atoms with Gasteiger partial charge >= 0.3 is 10.1 Å². The first-order valence-electron chi connectivity index (χ1n) is 7.91. The lowest BCUT2D eigenvalue weighted by Gasteiger charge is -2.40. The second-order valence-corrected chi connectivity index (χ2v) is 12.1. The van der Waals surface area contributed by atoms with Crippen molar-refractivity contribution in [3.8, 4) is 0 Å². The van der Waals surface area contributed by atoms with E-state index in [1.165, 1.54) is 0 Å². The maximum atomic E-state index is 12.8. The van der Waals surface area contributed by atoms with Crippen molar-refractivity contribution in [3.63, 3.8) is 0 Å². The van der Waals surface area contributed by atoms with Crippen LogP contribution in [0.5, 0.6) is 0 Å². The maximum Gasteiger partial charge on any atom is 0.421 e. The van der Waals surface area contributed by atoms with Crippen LogP contribution in [0.3, 0.4) is 0 Å². The molecule has 0 aromatic heterocycles. The smallest absolute Gasteiger partial charge is 0.299 e. The van der Waals surface area contributed by atoms with E-state index < -0.39 is 20.4 Å². The highest BCUT2D eigenvalue weighted by atomic mass is 32.3. The van der Waals surface area contributed by atoms with Crippen LogP contribution in [0.1, 0.15) is 46.6 Å². The molecule has 132 valence electrons. The van der Waals surface area contributed by atoms with Gasteiger partial charge in [-0.25, -0.2) is 0 Å². The monoisotopic (exact) mass is 361 g/mol.